The summed E-state index contributed by atoms with van der Waals surface area (Å²) in [6.07, 6.45) is 0.732. The molecule has 0 radical (unpaired) electrons. The fourth-order valence-corrected chi connectivity index (χ4v) is 3.67. The number of ether oxygens (including phenoxy) is 1. The van der Waals surface area contributed by atoms with Gasteiger partial charge in [0, 0.05) is 12.7 Å². The number of hydrogen-bond donors (Lipinski definition) is 0. The first-order valence-corrected chi connectivity index (χ1v) is 8.01. The predicted octanol–water partition coefficient (Wildman–Crippen LogP) is 3.81. The molecule has 120 valence electrons. The summed E-state index contributed by atoms with van der Waals surface area (Å²) < 4.78 is 5.26. The van der Waals surface area contributed by atoms with Crippen molar-refractivity contribution >= 4 is 11.6 Å². The van der Waals surface area contributed by atoms with Crippen LogP contribution >= 0.6 is 0 Å². The molecule has 1 heterocycles. The number of benzene rings is 2. The van der Waals surface area contributed by atoms with E-state index in [-0.39, 0.29) is 11.8 Å². The molecule has 23 heavy (non-hydrogen) atoms. The molecule has 3 heteroatoms. The van der Waals surface area contributed by atoms with Crippen molar-refractivity contribution in [3.8, 4) is 5.75 Å². The fraction of sp³-hybridized carbons (Fsp3) is 0.350. The Labute approximate surface area is 137 Å². The van der Waals surface area contributed by atoms with Gasteiger partial charge >= 0.3 is 0 Å². The third kappa shape index (κ3) is 2.31. The van der Waals surface area contributed by atoms with Crippen molar-refractivity contribution in [2.75, 3.05) is 19.1 Å². The maximum Gasteiger partial charge on any atom is 0.237 e. The molecule has 0 fully saturated rings. The lowest BCUT2D eigenvalue weighted by Gasteiger charge is -2.44. The van der Waals surface area contributed by atoms with Crippen molar-refractivity contribution in [3.05, 3.63) is 59.7 Å². The average Bonchev–Trinajstić information content (AvgIpc) is 2.58. The lowest BCUT2D eigenvalue weighted by Crippen LogP contribution is -2.53. The summed E-state index contributed by atoms with van der Waals surface area (Å²) in [5.74, 6) is 1.17. The number of likely N-dealkylation sites (N-methyl/N-ethyl adjacent to an activating group) is 1. The van der Waals surface area contributed by atoms with E-state index in [1.807, 2.05) is 54.4 Å². The van der Waals surface area contributed by atoms with Crippen LogP contribution < -0.4 is 9.64 Å². The van der Waals surface area contributed by atoms with Gasteiger partial charge in [0.2, 0.25) is 5.91 Å². The van der Waals surface area contributed by atoms with Gasteiger partial charge in [-0.2, -0.15) is 0 Å². The largest absolute Gasteiger partial charge is 0.497 e. The first kappa shape index (κ1) is 15.6. The van der Waals surface area contributed by atoms with E-state index in [0.717, 1.165) is 23.4 Å². The normalized spacial score (nSPS) is 20.6. The Morgan fingerprint density at radius 3 is 2.35 bits per heavy atom. The lowest BCUT2D eigenvalue weighted by molar-refractivity contribution is -0.126. The van der Waals surface area contributed by atoms with Crippen molar-refractivity contribution < 1.29 is 9.53 Å². The van der Waals surface area contributed by atoms with Crippen LogP contribution in [0.15, 0.2) is 48.5 Å². The van der Waals surface area contributed by atoms with E-state index < -0.39 is 5.41 Å². The minimum absolute atomic E-state index is 0.163. The van der Waals surface area contributed by atoms with Crippen molar-refractivity contribution in [2.45, 2.75) is 25.7 Å². The molecule has 0 aromatic heterocycles. The summed E-state index contributed by atoms with van der Waals surface area (Å²) in [6.45, 7) is 4.26. The Morgan fingerprint density at radius 1 is 1.09 bits per heavy atom. The van der Waals surface area contributed by atoms with Gasteiger partial charge in [0.1, 0.15) is 5.75 Å². The van der Waals surface area contributed by atoms with Gasteiger partial charge in [0.05, 0.1) is 12.5 Å². The van der Waals surface area contributed by atoms with Crippen molar-refractivity contribution in [3.63, 3.8) is 0 Å². The minimum Gasteiger partial charge on any atom is -0.497 e. The summed E-state index contributed by atoms with van der Waals surface area (Å²) >= 11 is 0. The molecule has 3 rings (SSSR count). The Kier molecular flexibility index (Phi) is 3.88. The van der Waals surface area contributed by atoms with E-state index >= 15 is 0 Å². The number of amides is 1. The van der Waals surface area contributed by atoms with E-state index in [2.05, 4.69) is 19.9 Å². The van der Waals surface area contributed by atoms with Gasteiger partial charge in [-0.1, -0.05) is 44.2 Å². The molecule has 0 saturated carbocycles. The fourth-order valence-electron chi connectivity index (χ4n) is 3.67. The zero-order valence-electron chi connectivity index (χ0n) is 14.2. The molecule has 1 unspecified atom stereocenters. The molecule has 1 aliphatic rings. The van der Waals surface area contributed by atoms with E-state index in [4.69, 9.17) is 4.74 Å². The number of carbonyl (C=O) groups excluding carboxylic acids is 1. The van der Waals surface area contributed by atoms with Crippen LogP contribution in [-0.2, 0) is 16.6 Å². The highest BCUT2D eigenvalue weighted by molar-refractivity contribution is 6.04. The van der Waals surface area contributed by atoms with Gasteiger partial charge in [-0.05, 0) is 41.7 Å². The first-order valence-electron chi connectivity index (χ1n) is 8.01. The summed E-state index contributed by atoms with van der Waals surface area (Å²) in [6, 6.07) is 16.1. The van der Waals surface area contributed by atoms with Gasteiger partial charge < -0.3 is 9.64 Å². The number of anilines is 1. The minimum atomic E-state index is -0.532. The molecule has 0 saturated heterocycles. The average molecular weight is 309 g/mol. The van der Waals surface area contributed by atoms with E-state index in [1.54, 1.807) is 7.11 Å². The summed E-state index contributed by atoms with van der Waals surface area (Å²) in [5, 5.41) is 0. The van der Waals surface area contributed by atoms with Crippen molar-refractivity contribution in [2.24, 2.45) is 5.92 Å². The zero-order valence-corrected chi connectivity index (χ0v) is 14.2. The second kappa shape index (κ2) is 5.73. The molecule has 1 atom stereocenters. The van der Waals surface area contributed by atoms with E-state index in [1.165, 1.54) is 5.56 Å². The molecule has 1 amide bonds. The molecule has 1 aliphatic heterocycles. The highest BCUT2D eigenvalue weighted by Crippen LogP contribution is 2.44. The lowest BCUT2D eigenvalue weighted by atomic mass is 9.65. The number of carbonyl (C=O) groups is 1. The Hall–Kier alpha value is -2.29. The molecule has 0 N–H and O–H groups in total. The van der Waals surface area contributed by atoms with Gasteiger partial charge in [-0.15, -0.1) is 0 Å². The van der Waals surface area contributed by atoms with Crippen LogP contribution in [0, 0.1) is 5.92 Å². The molecular weight excluding hydrogens is 286 g/mol. The highest BCUT2D eigenvalue weighted by Gasteiger charge is 2.48. The van der Waals surface area contributed by atoms with E-state index in [0.29, 0.717) is 0 Å². The van der Waals surface area contributed by atoms with Gasteiger partial charge in [-0.25, -0.2) is 0 Å². The maximum atomic E-state index is 13.3. The number of rotatable bonds is 3. The van der Waals surface area contributed by atoms with Crippen LogP contribution in [-0.4, -0.2) is 20.1 Å². The van der Waals surface area contributed by atoms with Crippen LogP contribution in [0.4, 0.5) is 5.69 Å². The maximum absolute atomic E-state index is 13.3. The number of nitrogens with zero attached hydrogens (tertiary/aromatic N) is 1. The second-order valence-corrected chi connectivity index (χ2v) is 6.52. The Morgan fingerprint density at radius 2 is 1.74 bits per heavy atom. The zero-order chi connectivity index (χ0) is 16.6. The Balaban J connectivity index is 2.16. The highest BCUT2D eigenvalue weighted by atomic mass is 16.5. The summed E-state index contributed by atoms with van der Waals surface area (Å²) in [4.78, 5) is 15.1. The number of fused-ring (bicyclic) bond motifs is 1. The van der Waals surface area contributed by atoms with Crippen molar-refractivity contribution in [1.29, 1.82) is 0 Å². The standard InChI is InChI=1S/C20H23NO2/c1-14(2)20(16-9-11-17(23-4)12-10-16)13-15-7-5-6-8-18(15)21(3)19(20)22/h5-12,14H,13H2,1-4H3. The van der Waals surface area contributed by atoms with Gasteiger partial charge in [0.25, 0.3) is 0 Å². The van der Waals surface area contributed by atoms with Crippen LogP contribution in [0.1, 0.15) is 25.0 Å². The van der Waals surface area contributed by atoms with Crippen LogP contribution in [0.3, 0.4) is 0 Å². The van der Waals surface area contributed by atoms with Gasteiger partial charge in [-0.3, -0.25) is 4.79 Å². The van der Waals surface area contributed by atoms with Crippen LogP contribution in [0.2, 0.25) is 0 Å². The van der Waals surface area contributed by atoms with Crippen molar-refractivity contribution in [1.82, 2.24) is 0 Å². The quantitative estimate of drug-likeness (QED) is 0.863. The van der Waals surface area contributed by atoms with Crippen LogP contribution in [0.25, 0.3) is 0 Å². The topological polar surface area (TPSA) is 29.5 Å². The number of para-hydroxylation sites is 1. The van der Waals surface area contributed by atoms with Gasteiger partial charge in [0.15, 0.2) is 0 Å². The third-order valence-electron chi connectivity index (χ3n) is 5.10. The number of hydrogen-bond acceptors (Lipinski definition) is 2. The molecule has 0 aliphatic carbocycles. The first-order chi connectivity index (χ1) is 11.0. The predicted molar refractivity (Wildman–Crippen MR) is 93.1 cm³/mol. The van der Waals surface area contributed by atoms with Crippen LogP contribution in [0.5, 0.6) is 5.75 Å². The molecule has 0 spiro atoms. The smallest absolute Gasteiger partial charge is 0.237 e. The molecule has 0 bridgehead atoms. The monoisotopic (exact) mass is 309 g/mol. The molecule has 2 aromatic rings. The second-order valence-electron chi connectivity index (χ2n) is 6.52. The molecule has 3 nitrogen and oxygen atoms in total. The van der Waals surface area contributed by atoms with E-state index in [9.17, 15) is 4.79 Å². The molecule has 2 aromatic carbocycles. The Bertz CT molecular complexity index is 721. The summed E-state index contributed by atoms with van der Waals surface area (Å²) in [5.41, 5.74) is 2.76. The third-order valence-corrected chi connectivity index (χ3v) is 5.10. The SMILES string of the molecule is COc1ccc(C2(C(C)C)Cc3ccccc3N(C)C2=O)cc1. The summed E-state index contributed by atoms with van der Waals surface area (Å²) in [7, 11) is 3.53. The molecular formula is C20H23NO2. The number of methoxy groups -OCH3 is 1.